The van der Waals surface area contributed by atoms with Gasteiger partial charge < -0.3 is 14.6 Å². The van der Waals surface area contributed by atoms with Crippen molar-refractivity contribution in [2.75, 3.05) is 13.7 Å². The van der Waals surface area contributed by atoms with E-state index in [-0.39, 0.29) is 5.56 Å². The fraction of sp³-hybridized carbons (Fsp3) is 0.100. The minimum Gasteiger partial charge on any atom is -0.493 e. The Bertz CT molecular complexity index is 895. The molecule has 0 saturated heterocycles. The van der Waals surface area contributed by atoms with Crippen molar-refractivity contribution in [1.29, 1.82) is 5.26 Å². The highest BCUT2D eigenvalue weighted by Gasteiger charge is 2.12. The summed E-state index contributed by atoms with van der Waals surface area (Å²) in [6.45, 7) is 3.95. The molecule has 5 nitrogen and oxygen atoms in total. The molecule has 26 heavy (non-hydrogen) atoms. The lowest BCUT2D eigenvalue weighted by molar-refractivity contribution is 0.0697. The molecular formula is C20H16BrNO4. The molecule has 0 saturated carbocycles. The van der Waals surface area contributed by atoms with Crippen molar-refractivity contribution in [1.82, 2.24) is 0 Å². The number of methoxy groups -OCH3 is 1. The van der Waals surface area contributed by atoms with Gasteiger partial charge in [-0.15, -0.1) is 0 Å². The van der Waals surface area contributed by atoms with E-state index in [4.69, 9.17) is 14.6 Å². The van der Waals surface area contributed by atoms with E-state index in [0.717, 1.165) is 5.56 Å². The van der Waals surface area contributed by atoms with Gasteiger partial charge in [0.25, 0.3) is 0 Å². The van der Waals surface area contributed by atoms with Gasteiger partial charge in [0, 0.05) is 0 Å². The number of allylic oxidation sites excluding steroid dienone is 1. The SMILES string of the molecule is C=CCOc1c(Br)cc(/C=C(/C#N)c2ccc(C(=O)O)cc2)cc1OC. The Hall–Kier alpha value is -3.04. The number of hydrogen-bond acceptors (Lipinski definition) is 4. The van der Waals surface area contributed by atoms with Crippen molar-refractivity contribution in [3.8, 4) is 17.6 Å². The number of benzene rings is 2. The maximum Gasteiger partial charge on any atom is 0.335 e. The molecule has 0 aliphatic heterocycles. The number of hydrogen-bond donors (Lipinski definition) is 1. The smallest absolute Gasteiger partial charge is 0.335 e. The molecule has 1 N–H and O–H groups in total. The Labute approximate surface area is 159 Å². The third-order valence-corrected chi connectivity index (χ3v) is 4.06. The van der Waals surface area contributed by atoms with Gasteiger partial charge in [0.2, 0.25) is 0 Å². The molecule has 0 aliphatic rings. The molecule has 0 amide bonds. The van der Waals surface area contributed by atoms with Gasteiger partial charge in [-0.1, -0.05) is 24.8 Å². The van der Waals surface area contributed by atoms with E-state index < -0.39 is 5.97 Å². The van der Waals surface area contributed by atoms with Crippen LogP contribution in [0.25, 0.3) is 11.6 Å². The van der Waals surface area contributed by atoms with E-state index in [1.54, 1.807) is 30.4 Å². The molecule has 0 bridgehead atoms. The standard InChI is InChI=1S/C20H16BrNO4/c1-3-8-26-19-17(21)10-13(11-18(19)25-2)9-16(12-22)14-4-6-15(7-5-14)20(23)24/h3-7,9-11H,1,8H2,2H3,(H,23,24)/b16-9-. The Morgan fingerprint density at radius 1 is 1.31 bits per heavy atom. The van der Waals surface area contributed by atoms with Crippen LogP contribution in [0.3, 0.4) is 0 Å². The molecule has 6 heteroatoms. The maximum absolute atomic E-state index is 10.9. The fourth-order valence-electron chi connectivity index (χ4n) is 2.24. The second-order valence-corrected chi connectivity index (χ2v) is 6.04. The summed E-state index contributed by atoms with van der Waals surface area (Å²) in [6, 6.07) is 11.8. The zero-order chi connectivity index (χ0) is 19.1. The summed E-state index contributed by atoms with van der Waals surface area (Å²) in [6.07, 6.45) is 3.33. The van der Waals surface area contributed by atoms with Crippen molar-refractivity contribution in [2.24, 2.45) is 0 Å². The van der Waals surface area contributed by atoms with Gasteiger partial charge in [-0.2, -0.15) is 5.26 Å². The van der Waals surface area contributed by atoms with Crippen LogP contribution in [-0.4, -0.2) is 24.8 Å². The number of carboxylic acids is 1. The number of aromatic carboxylic acids is 1. The Kier molecular flexibility index (Phi) is 6.59. The second kappa shape index (κ2) is 8.88. The molecule has 0 atom stereocenters. The third kappa shape index (κ3) is 4.52. The van der Waals surface area contributed by atoms with E-state index in [2.05, 4.69) is 28.6 Å². The Balaban J connectivity index is 2.42. The van der Waals surface area contributed by atoms with Crippen molar-refractivity contribution in [3.05, 3.63) is 70.2 Å². The van der Waals surface area contributed by atoms with E-state index in [9.17, 15) is 10.1 Å². The van der Waals surface area contributed by atoms with Gasteiger partial charge in [0.15, 0.2) is 11.5 Å². The van der Waals surface area contributed by atoms with Crippen LogP contribution in [-0.2, 0) is 0 Å². The van der Waals surface area contributed by atoms with E-state index >= 15 is 0 Å². The second-order valence-electron chi connectivity index (χ2n) is 5.19. The topological polar surface area (TPSA) is 79.5 Å². The fourth-order valence-corrected chi connectivity index (χ4v) is 2.82. The zero-order valence-electron chi connectivity index (χ0n) is 14.0. The highest BCUT2D eigenvalue weighted by Crippen LogP contribution is 2.37. The molecule has 0 aliphatic carbocycles. The lowest BCUT2D eigenvalue weighted by Crippen LogP contribution is -1.98. The van der Waals surface area contributed by atoms with Crippen LogP contribution >= 0.6 is 15.9 Å². The molecule has 0 aromatic heterocycles. The van der Waals surface area contributed by atoms with Crippen molar-refractivity contribution >= 4 is 33.5 Å². The zero-order valence-corrected chi connectivity index (χ0v) is 15.6. The van der Waals surface area contributed by atoms with Gasteiger partial charge in [-0.25, -0.2) is 4.79 Å². The molecule has 0 spiro atoms. The quantitative estimate of drug-likeness (QED) is 0.401. The average molecular weight is 414 g/mol. The highest BCUT2D eigenvalue weighted by molar-refractivity contribution is 9.10. The lowest BCUT2D eigenvalue weighted by atomic mass is 10.0. The van der Waals surface area contributed by atoms with E-state index in [1.807, 2.05) is 6.07 Å². The first-order valence-corrected chi connectivity index (χ1v) is 8.36. The monoisotopic (exact) mass is 413 g/mol. The van der Waals surface area contributed by atoms with Crippen molar-refractivity contribution in [2.45, 2.75) is 0 Å². The van der Waals surface area contributed by atoms with Gasteiger partial charge in [-0.05, 0) is 57.4 Å². The summed E-state index contributed by atoms with van der Waals surface area (Å²) < 4.78 is 11.6. The van der Waals surface area contributed by atoms with Crippen LogP contribution in [0.2, 0.25) is 0 Å². The summed E-state index contributed by atoms with van der Waals surface area (Å²) in [5.74, 6) is 0.0580. The van der Waals surface area contributed by atoms with Crippen molar-refractivity contribution < 1.29 is 19.4 Å². The van der Waals surface area contributed by atoms with Gasteiger partial charge in [0.1, 0.15) is 6.61 Å². The molecule has 0 fully saturated rings. The molecule has 0 heterocycles. The summed E-state index contributed by atoms with van der Waals surface area (Å²) in [7, 11) is 1.53. The normalized spacial score (nSPS) is 10.7. The average Bonchev–Trinajstić information content (AvgIpc) is 2.64. The van der Waals surface area contributed by atoms with E-state index in [1.165, 1.54) is 19.2 Å². The molecule has 0 radical (unpaired) electrons. The number of nitriles is 1. The molecule has 0 unspecified atom stereocenters. The summed E-state index contributed by atoms with van der Waals surface area (Å²) in [5.41, 5.74) is 1.92. The van der Waals surface area contributed by atoms with Crippen LogP contribution in [0.1, 0.15) is 21.5 Å². The largest absolute Gasteiger partial charge is 0.493 e. The van der Waals surface area contributed by atoms with Crippen molar-refractivity contribution in [3.63, 3.8) is 0 Å². The summed E-state index contributed by atoms with van der Waals surface area (Å²) in [5, 5.41) is 18.4. The number of rotatable bonds is 7. The predicted molar refractivity (Wildman–Crippen MR) is 103 cm³/mol. The number of carbonyl (C=O) groups is 1. The molecule has 2 aromatic rings. The molecule has 2 aromatic carbocycles. The number of nitrogens with zero attached hydrogens (tertiary/aromatic N) is 1. The number of ether oxygens (including phenoxy) is 2. The van der Waals surface area contributed by atoms with Crippen LogP contribution < -0.4 is 9.47 Å². The summed E-state index contributed by atoms with van der Waals surface area (Å²) >= 11 is 3.45. The lowest BCUT2D eigenvalue weighted by Gasteiger charge is -2.12. The first-order chi connectivity index (χ1) is 12.5. The molecule has 2 rings (SSSR count). The van der Waals surface area contributed by atoms with E-state index in [0.29, 0.717) is 33.7 Å². The van der Waals surface area contributed by atoms with Crippen LogP contribution in [0.4, 0.5) is 0 Å². The molecular weight excluding hydrogens is 398 g/mol. The Morgan fingerprint density at radius 2 is 1.96 bits per heavy atom. The van der Waals surface area contributed by atoms with Crippen LogP contribution in [0.15, 0.2) is 53.5 Å². The summed E-state index contributed by atoms with van der Waals surface area (Å²) in [4.78, 5) is 10.9. The number of halogens is 1. The first kappa shape index (κ1) is 19.3. The van der Waals surface area contributed by atoms with Crippen LogP contribution in [0.5, 0.6) is 11.5 Å². The van der Waals surface area contributed by atoms with Gasteiger partial charge >= 0.3 is 5.97 Å². The third-order valence-electron chi connectivity index (χ3n) is 3.47. The number of carboxylic acid groups (broad SMARTS) is 1. The van der Waals surface area contributed by atoms with Gasteiger partial charge in [-0.3, -0.25) is 0 Å². The maximum atomic E-state index is 10.9. The Morgan fingerprint density at radius 3 is 2.50 bits per heavy atom. The van der Waals surface area contributed by atoms with Crippen LogP contribution in [0, 0.1) is 11.3 Å². The highest BCUT2D eigenvalue weighted by atomic mass is 79.9. The first-order valence-electron chi connectivity index (χ1n) is 7.57. The minimum atomic E-state index is -1.01. The molecule has 132 valence electrons. The van der Waals surface area contributed by atoms with Gasteiger partial charge in [0.05, 0.1) is 28.8 Å². The predicted octanol–water partition coefficient (Wildman–Crippen LogP) is 4.78. The minimum absolute atomic E-state index is 0.166.